The first-order valence-electron chi connectivity index (χ1n) is 6.15. The zero-order valence-corrected chi connectivity index (χ0v) is 11.5. The molecule has 0 aliphatic heterocycles. The molecule has 20 heavy (non-hydrogen) atoms. The van der Waals surface area contributed by atoms with E-state index in [1.165, 1.54) is 11.3 Å². The second-order valence-electron chi connectivity index (χ2n) is 4.53. The van der Waals surface area contributed by atoms with E-state index in [0.717, 1.165) is 26.2 Å². The third kappa shape index (κ3) is 1.47. The summed E-state index contributed by atoms with van der Waals surface area (Å²) in [5, 5.41) is 1.65. The molecule has 0 saturated carbocycles. The lowest BCUT2D eigenvalue weighted by Crippen LogP contribution is -2.01. The number of pyridine rings is 1. The van der Waals surface area contributed by atoms with E-state index < -0.39 is 0 Å². The molecule has 0 saturated heterocycles. The lowest BCUT2D eigenvalue weighted by Gasteiger charge is -1.98. The number of aromatic nitrogens is 2. The summed E-state index contributed by atoms with van der Waals surface area (Å²) >= 11 is 1.52. The Morgan fingerprint density at radius 3 is 3.00 bits per heavy atom. The van der Waals surface area contributed by atoms with Gasteiger partial charge in [-0.25, -0.2) is 4.98 Å². The number of H-pyrrole nitrogens is 1. The van der Waals surface area contributed by atoms with Gasteiger partial charge in [0.25, 0.3) is 0 Å². The Hall–Kier alpha value is -2.40. The molecular formula is C15H10N2O2S. The van der Waals surface area contributed by atoms with Crippen molar-refractivity contribution in [2.45, 2.75) is 0 Å². The van der Waals surface area contributed by atoms with Crippen LogP contribution in [-0.2, 0) is 0 Å². The van der Waals surface area contributed by atoms with Crippen LogP contribution < -0.4 is 10.2 Å². The second kappa shape index (κ2) is 4.05. The second-order valence-corrected chi connectivity index (χ2v) is 5.53. The van der Waals surface area contributed by atoms with Gasteiger partial charge in [-0.3, -0.25) is 4.79 Å². The van der Waals surface area contributed by atoms with Gasteiger partial charge in [0.2, 0.25) is 5.43 Å². The van der Waals surface area contributed by atoms with Crippen LogP contribution in [0.5, 0.6) is 5.75 Å². The number of methoxy groups -OCH3 is 1. The lowest BCUT2D eigenvalue weighted by molar-refractivity contribution is 0.415. The van der Waals surface area contributed by atoms with Crippen LogP contribution in [0, 0.1) is 0 Å². The first-order chi connectivity index (χ1) is 9.78. The highest BCUT2D eigenvalue weighted by molar-refractivity contribution is 7.25. The predicted octanol–water partition coefficient (Wildman–Crippen LogP) is 3.30. The molecule has 0 bridgehead atoms. The number of hydrogen-bond donors (Lipinski definition) is 1. The molecule has 0 aliphatic carbocycles. The van der Waals surface area contributed by atoms with E-state index in [2.05, 4.69) is 9.97 Å². The van der Waals surface area contributed by atoms with Gasteiger partial charge in [0.1, 0.15) is 16.1 Å². The number of benzene rings is 1. The smallest absolute Gasteiger partial charge is 0.213 e. The minimum absolute atomic E-state index is 0.00276. The number of rotatable bonds is 1. The Kier molecular flexibility index (Phi) is 2.31. The van der Waals surface area contributed by atoms with E-state index >= 15 is 0 Å². The quantitative estimate of drug-likeness (QED) is 0.583. The molecule has 0 aliphatic rings. The summed E-state index contributed by atoms with van der Waals surface area (Å²) in [4.78, 5) is 20.8. The molecule has 4 nitrogen and oxygen atoms in total. The van der Waals surface area contributed by atoms with Crippen molar-refractivity contribution in [3.05, 3.63) is 46.8 Å². The third-order valence-corrected chi connectivity index (χ3v) is 4.55. The van der Waals surface area contributed by atoms with E-state index in [0.29, 0.717) is 10.9 Å². The fraction of sp³-hybridized carbons (Fsp3) is 0.0667. The largest absolute Gasteiger partial charge is 0.497 e. The molecule has 0 spiro atoms. The molecular weight excluding hydrogens is 272 g/mol. The fourth-order valence-electron chi connectivity index (χ4n) is 2.42. The van der Waals surface area contributed by atoms with Crippen LogP contribution in [0.1, 0.15) is 0 Å². The Labute approximate surface area is 117 Å². The predicted molar refractivity (Wildman–Crippen MR) is 81.8 cm³/mol. The zero-order chi connectivity index (χ0) is 13.7. The molecule has 1 aromatic carbocycles. The maximum absolute atomic E-state index is 12.5. The molecule has 0 amide bonds. The minimum Gasteiger partial charge on any atom is -0.497 e. The van der Waals surface area contributed by atoms with Gasteiger partial charge in [-0.1, -0.05) is 0 Å². The molecule has 0 atom stereocenters. The van der Waals surface area contributed by atoms with Gasteiger partial charge in [0.15, 0.2) is 0 Å². The van der Waals surface area contributed by atoms with Crippen LogP contribution in [0.2, 0.25) is 0 Å². The van der Waals surface area contributed by atoms with Crippen LogP contribution in [-0.4, -0.2) is 17.1 Å². The topological polar surface area (TPSA) is 55.0 Å². The first kappa shape index (κ1) is 11.4. The van der Waals surface area contributed by atoms with E-state index in [1.807, 2.05) is 24.3 Å². The molecule has 0 unspecified atom stereocenters. The van der Waals surface area contributed by atoms with E-state index in [1.54, 1.807) is 19.4 Å². The van der Waals surface area contributed by atoms with Crippen molar-refractivity contribution < 1.29 is 4.74 Å². The molecule has 0 radical (unpaired) electrons. The van der Waals surface area contributed by atoms with Gasteiger partial charge >= 0.3 is 0 Å². The van der Waals surface area contributed by atoms with Crippen LogP contribution in [0.25, 0.3) is 31.3 Å². The Morgan fingerprint density at radius 2 is 2.15 bits per heavy atom. The Bertz CT molecular complexity index is 1020. The molecule has 3 heterocycles. The van der Waals surface area contributed by atoms with Crippen LogP contribution in [0.4, 0.5) is 0 Å². The normalized spacial score (nSPS) is 11.4. The van der Waals surface area contributed by atoms with Crippen LogP contribution in [0.3, 0.4) is 0 Å². The average Bonchev–Trinajstić information content (AvgIpc) is 2.86. The van der Waals surface area contributed by atoms with Gasteiger partial charge in [0, 0.05) is 17.1 Å². The summed E-state index contributed by atoms with van der Waals surface area (Å²) in [6.07, 6.45) is 1.71. The number of nitrogens with zero attached hydrogens (tertiary/aromatic N) is 1. The number of fused-ring (bicyclic) bond motifs is 4. The summed E-state index contributed by atoms with van der Waals surface area (Å²) in [5.74, 6) is 0.777. The molecule has 0 fully saturated rings. The summed E-state index contributed by atoms with van der Waals surface area (Å²) in [7, 11) is 1.63. The summed E-state index contributed by atoms with van der Waals surface area (Å²) in [5.41, 5.74) is 1.57. The maximum Gasteiger partial charge on any atom is 0.213 e. The Balaban J connectivity index is 2.26. The lowest BCUT2D eigenvalue weighted by atomic mass is 10.2. The summed E-state index contributed by atoms with van der Waals surface area (Å²) in [6.45, 7) is 0. The fourth-order valence-corrected chi connectivity index (χ4v) is 3.52. The van der Waals surface area contributed by atoms with Gasteiger partial charge in [0.05, 0.1) is 17.2 Å². The van der Waals surface area contributed by atoms with Crippen molar-refractivity contribution in [3.63, 3.8) is 0 Å². The molecule has 5 heteroatoms. The van der Waals surface area contributed by atoms with Crippen molar-refractivity contribution in [1.82, 2.24) is 9.97 Å². The highest BCUT2D eigenvalue weighted by atomic mass is 32.1. The summed E-state index contributed by atoms with van der Waals surface area (Å²) in [6, 6.07) is 9.35. The van der Waals surface area contributed by atoms with Crippen LogP contribution in [0.15, 0.2) is 41.3 Å². The first-order valence-corrected chi connectivity index (χ1v) is 6.97. The molecule has 4 aromatic rings. The molecule has 3 aromatic heterocycles. The van der Waals surface area contributed by atoms with E-state index in [-0.39, 0.29) is 5.43 Å². The Morgan fingerprint density at radius 1 is 1.25 bits per heavy atom. The number of nitrogens with one attached hydrogen (secondary N) is 1. The molecule has 98 valence electrons. The number of hydrogen-bond acceptors (Lipinski definition) is 4. The van der Waals surface area contributed by atoms with Crippen LogP contribution >= 0.6 is 11.3 Å². The van der Waals surface area contributed by atoms with Gasteiger partial charge in [-0.15, -0.1) is 11.3 Å². The van der Waals surface area contributed by atoms with E-state index in [9.17, 15) is 4.79 Å². The standard InChI is InChI=1S/C15H10N2O2S/c1-19-8-4-5-11-10(7-8)14-12(17-11)13(18)9-3-2-6-16-15(9)20-14/h2-7,17H,1H3. The number of ether oxygens (including phenoxy) is 1. The van der Waals surface area contributed by atoms with Gasteiger partial charge < -0.3 is 9.72 Å². The summed E-state index contributed by atoms with van der Waals surface area (Å²) < 4.78 is 6.18. The maximum atomic E-state index is 12.5. The van der Waals surface area contributed by atoms with Crippen molar-refractivity contribution in [3.8, 4) is 5.75 Å². The van der Waals surface area contributed by atoms with Crippen molar-refractivity contribution >= 4 is 42.7 Å². The van der Waals surface area contributed by atoms with Crippen molar-refractivity contribution in [2.24, 2.45) is 0 Å². The zero-order valence-electron chi connectivity index (χ0n) is 10.6. The molecule has 4 rings (SSSR count). The van der Waals surface area contributed by atoms with Crippen molar-refractivity contribution in [1.29, 1.82) is 0 Å². The van der Waals surface area contributed by atoms with Gasteiger partial charge in [-0.05, 0) is 30.3 Å². The monoisotopic (exact) mass is 282 g/mol. The highest BCUT2D eigenvalue weighted by Crippen LogP contribution is 2.32. The highest BCUT2D eigenvalue weighted by Gasteiger charge is 2.12. The van der Waals surface area contributed by atoms with Crippen molar-refractivity contribution in [2.75, 3.05) is 7.11 Å². The minimum atomic E-state index is -0.00276. The average molecular weight is 282 g/mol. The molecule has 1 N–H and O–H groups in total. The van der Waals surface area contributed by atoms with E-state index in [4.69, 9.17) is 4.74 Å². The third-order valence-electron chi connectivity index (χ3n) is 3.40. The SMILES string of the molecule is COc1ccc2[nH]c3c(=O)c4cccnc4sc3c2c1. The van der Waals surface area contributed by atoms with Gasteiger partial charge in [-0.2, -0.15) is 0 Å². The number of aromatic amines is 1.